The summed E-state index contributed by atoms with van der Waals surface area (Å²) in [7, 11) is 0. The van der Waals surface area contributed by atoms with Gasteiger partial charge in [0.15, 0.2) is 0 Å². The van der Waals surface area contributed by atoms with Crippen LogP contribution in [0.15, 0.2) is 4.42 Å². The Morgan fingerprint density at radius 2 is 0.475 bits per heavy atom. The van der Waals surface area contributed by atoms with Crippen LogP contribution in [0.25, 0.3) is 0 Å². The number of rotatable bonds is 46. The molecule has 0 saturated heterocycles. The molecule has 1 heterocycles. The lowest BCUT2D eigenvalue weighted by atomic mass is 10.0. The van der Waals surface area contributed by atoms with Crippen LogP contribution in [0.2, 0.25) is 0 Å². The van der Waals surface area contributed by atoms with Gasteiger partial charge in [-0.05, 0) is 26.7 Å². The Morgan fingerprint density at radius 3 is 0.661 bits per heavy atom. The molecule has 5 nitrogen and oxygen atoms in total. The van der Waals surface area contributed by atoms with Crippen molar-refractivity contribution in [1.82, 2.24) is 0 Å². The third-order valence-electron chi connectivity index (χ3n) is 12.6. The number of aryl methyl sites for hydroxylation is 2. The zero-order chi connectivity index (χ0) is 42.7. The highest BCUT2D eigenvalue weighted by molar-refractivity contribution is 5.77. The van der Waals surface area contributed by atoms with E-state index in [1.54, 1.807) is 13.8 Å². The second-order valence-electron chi connectivity index (χ2n) is 18.5. The number of hydrogen-bond acceptors (Lipinski definition) is 5. The van der Waals surface area contributed by atoms with Gasteiger partial charge in [-0.3, -0.25) is 9.59 Å². The Morgan fingerprint density at radius 1 is 0.305 bits per heavy atom. The first-order valence-electron chi connectivity index (χ1n) is 26.5. The summed E-state index contributed by atoms with van der Waals surface area (Å²) in [5.41, 5.74) is 0. The molecular weight excluding hydrogens is 729 g/mol. The molecule has 0 bridgehead atoms. The first-order chi connectivity index (χ1) is 29.0. The molecule has 0 saturated carbocycles. The maximum absolute atomic E-state index is 12.7. The van der Waals surface area contributed by atoms with Crippen molar-refractivity contribution in [3.63, 3.8) is 0 Å². The fourth-order valence-corrected chi connectivity index (χ4v) is 8.61. The molecular formula is C54H100O5. The molecule has 0 fully saturated rings. The minimum atomic E-state index is -0.284. The molecule has 0 amide bonds. The van der Waals surface area contributed by atoms with Gasteiger partial charge in [-0.1, -0.05) is 271 Å². The van der Waals surface area contributed by atoms with Crippen molar-refractivity contribution >= 4 is 11.9 Å². The van der Waals surface area contributed by atoms with Crippen molar-refractivity contribution in [3.8, 4) is 11.5 Å². The molecule has 0 radical (unpaired) electrons. The molecule has 5 heteroatoms. The first kappa shape index (κ1) is 55.2. The minimum absolute atomic E-state index is 0.267. The van der Waals surface area contributed by atoms with Gasteiger partial charge in [0, 0.05) is 12.8 Å². The summed E-state index contributed by atoms with van der Waals surface area (Å²) in [6.45, 7) is 8.09. The fraction of sp³-hybridized carbons (Fsp3) is 0.889. The van der Waals surface area contributed by atoms with Crippen molar-refractivity contribution in [1.29, 1.82) is 0 Å². The molecule has 0 spiro atoms. The molecule has 346 valence electrons. The third kappa shape index (κ3) is 35.5. The summed E-state index contributed by atoms with van der Waals surface area (Å²) in [6, 6.07) is 0. The zero-order valence-electron chi connectivity index (χ0n) is 40.2. The Bertz CT molecular complexity index is 979. The van der Waals surface area contributed by atoms with Crippen LogP contribution in [0.1, 0.15) is 308 Å². The Labute approximate surface area is 367 Å². The van der Waals surface area contributed by atoms with E-state index in [1.807, 2.05) is 0 Å². The highest BCUT2D eigenvalue weighted by Crippen LogP contribution is 2.38. The van der Waals surface area contributed by atoms with Gasteiger partial charge in [-0.15, -0.1) is 0 Å². The largest absolute Gasteiger partial charge is 0.459 e. The van der Waals surface area contributed by atoms with Crippen LogP contribution >= 0.6 is 0 Å². The fourth-order valence-electron chi connectivity index (χ4n) is 8.61. The average molecular weight is 829 g/mol. The normalized spacial score (nSPS) is 11.5. The zero-order valence-corrected chi connectivity index (χ0v) is 40.2. The van der Waals surface area contributed by atoms with Crippen LogP contribution in [0.5, 0.6) is 11.5 Å². The summed E-state index contributed by atoms with van der Waals surface area (Å²) in [5, 5.41) is 0. The Kier molecular flexibility index (Phi) is 40.2. The van der Waals surface area contributed by atoms with E-state index in [-0.39, 0.29) is 23.4 Å². The molecule has 1 aromatic rings. The summed E-state index contributed by atoms with van der Waals surface area (Å²) in [4.78, 5) is 25.4. The first-order valence-corrected chi connectivity index (χ1v) is 26.5. The Balaban J connectivity index is 1.96. The molecule has 0 aromatic carbocycles. The summed E-state index contributed by atoms with van der Waals surface area (Å²) >= 11 is 0. The number of carbonyl (C=O) groups excluding carboxylic acids is 2. The predicted octanol–water partition coefficient (Wildman–Crippen LogP) is 18.9. The minimum Gasteiger partial charge on any atom is -0.459 e. The molecule has 0 aliphatic carbocycles. The highest BCUT2D eigenvalue weighted by atomic mass is 16.6. The topological polar surface area (TPSA) is 65.7 Å². The van der Waals surface area contributed by atoms with Gasteiger partial charge in [0.25, 0.3) is 0 Å². The smallest absolute Gasteiger partial charge is 0.311 e. The lowest BCUT2D eigenvalue weighted by Gasteiger charge is -2.08. The van der Waals surface area contributed by atoms with Gasteiger partial charge < -0.3 is 13.9 Å². The van der Waals surface area contributed by atoms with Crippen molar-refractivity contribution in [3.05, 3.63) is 11.5 Å². The van der Waals surface area contributed by atoms with Gasteiger partial charge in [0.2, 0.25) is 11.5 Å². The van der Waals surface area contributed by atoms with E-state index in [2.05, 4.69) is 13.8 Å². The molecule has 0 aliphatic heterocycles. The molecule has 0 unspecified atom stereocenters. The standard InChI is InChI=1S/C54H100O5/c1-5-7-9-11-13-15-17-19-21-23-25-27-29-31-33-35-37-39-41-43-45-47-51(55)58-53-49(3)57-50(4)54(53)59-52(56)48-46-44-42-40-38-36-34-32-30-28-26-24-22-20-18-16-14-12-10-8-6-2/h5-48H2,1-4H3. The molecule has 1 rings (SSSR count). The molecule has 0 aliphatic rings. The lowest BCUT2D eigenvalue weighted by Crippen LogP contribution is -2.12. The van der Waals surface area contributed by atoms with Gasteiger partial charge >= 0.3 is 11.9 Å². The molecule has 0 N–H and O–H groups in total. The van der Waals surface area contributed by atoms with Crippen LogP contribution in [0.4, 0.5) is 0 Å². The number of esters is 2. The Hall–Kier alpha value is -1.78. The van der Waals surface area contributed by atoms with E-state index in [1.165, 1.54) is 231 Å². The van der Waals surface area contributed by atoms with Gasteiger partial charge in [-0.25, -0.2) is 0 Å². The molecule has 1 aromatic heterocycles. The van der Waals surface area contributed by atoms with Crippen LogP contribution < -0.4 is 9.47 Å². The number of hydrogen-bond donors (Lipinski definition) is 0. The predicted molar refractivity (Wildman–Crippen MR) is 254 cm³/mol. The SMILES string of the molecule is CCCCCCCCCCCCCCCCCCCCCCCC(=O)Oc1c(C)oc(C)c1OC(=O)CCCCCCCCCCCCCCCCCCCCCCC. The van der Waals surface area contributed by atoms with Crippen LogP contribution in [-0.4, -0.2) is 11.9 Å². The summed E-state index contributed by atoms with van der Waals surface area (Å²) in [6.07, 6.45) is 57.1. The van der Waals surface area contributed by atoms with E-state index in [9.17, 15) is 9.59 Å². The summed E-state index contributed by atoms with van der Waals surface area (Å²) in [5.74, 6) is 0.922. The monoisotopic (exact) mass is 829 g/mol. The van der Waals surface area contributed by atoms with E-state index in [0.29, 0.717) is 24.4 Å². The second kappa shape index (κ2) is 42.9. The van der Waals surface area contributed by atoms with Crippen LogP contribution in [-0.2, 0) is 9.59 Å². The van der Waals surface area contributed by atoms with Gasteiger partial charge in [0.1, 0.15) is 11.5 Å². The number of furan rings is 1. The van der Waals surface area contributed by atoms with Crippen molar-refractivity contribution in [2.24, 2.45) is 0 Å². The molecule has 0 atom stereocenters. The molecule has 59 heavy (non-hydrogen) atoms. The van der Waals surface area contributed by atoms with Crippen molar-refractivity contribution < 1.29 is 23.5 Å². The van der Waals surface area contributed by atoms with Crippen molar-refractivity contribution in [2.75, 3.05) is 0 Å². The van der Waals surface area contributed by atoms with Crippen molar-refractivity contribution in [2.45, 2.75) is 310 Å². The quantitative estimate of drug-likeness (QED) is 0.0484. The highest BCUT2D eigenvalue weighted by Gasteiger charge is 2.23. The maximum Gasteiger partial charge on any atom is 0.311 e. The van der Waals surface area contributed by atoms with Gasteiger partial charge in [-0.2, -0.15) is 0 Å². The van der Waals surface area contributed by atoms with E-state index >= 15 is 0 Å². The van der Waals surface area contributed by atoms with E-state index in [0.717, 1.165) is 38.5 Å². The van der Waals surface area contributed by atoms with E-state index < -0.39 is 0 Å². The van der Waals surface area contributed by atoms with Crippen LogP contribution in [0.3, 0.4) is 0 Å². The number of ether oxygens (including phenoxy) is 2. The van der Waals surface area contributed by atoms with Gasteiger partial charge in [0.05, 0.1) is 0 Å². The lowest BCUT2D eigenvalue weighted by molar-refractivity contribution is -0.137. The summed E-state index contributed by atoms with van der Waals surface area (Å²) < 4.78 is 17.1. The number of carbonyl (C=O) groups is 2. The third-order valence-corrected chi connectivity index (χ3v) is 12.6. The maximum atomic E-state index is 12.7. The van der Waals surface area contributed by atoms with E-state index in [4.69, 9.17) is 13.9 Å². The number of unbranched alkanes of at least 4 members (excludes halogenated alkanes) is 40. The van der Waals surface area contributed by atoms with Crippen LogP contribution in [0, 0.1) is 13.8 Å². The average Bonchev–Trinajstić information content (AvgIpc) is 3.48. The second-order valence-corrected chi connectivity index (χ2v) is 18.5.